The average Bonchev–Trinajstić information content (AvgIpc) is 2.70. The number of hydrogen-bond acceptors (Lipinski definition) is 3. The summed E-state index contributed by atoms with van der Waals surface area (Å²) in [6.45, 7) is 4.26. The highest BCUT2D eigenvalue weighted by atomic mass is 16.3. The zero-order valence-electron chi connectivity index (χ0n) is 10.6. The van der Waals surface area contributed by atoms with E-state index in [2.05, 4.69) is 11.4 Å². The van der Waals surface area contributed by atoms with E-state index in [-0.39, 0.29) is 6.10 Å². The number of aliphatic hydroxyl groups is 1. The molecule has 4 heteroatoms. The Hall–Kier alpha value is -1.55. The minimum Gasteiger partial charge on any atom is -0.394 e. The Morgan fingerprint density at radius 3 is 2.65 bits per heavy atom. The highest BCUT2D eigenvalue weighted by molar-refractivity contribution is 5.81. The van der Waals surface area contributed by atoms with E-state index in [0.717, 1.165) is 30.8 Å². The third-order valence-electron chi connectivity index (χ3n) is 2.43. The molecule has 0 spiro atoms. The van der Waals surface area contributed by atoms with Crippen LogP contribution in [0.2, 0.25) is 0 Å². The molecular weight excluding hydrogens is 216 g/mol. The van der Waals surface area contributed by atoms with E-state index in [9.17, 15) is 4.79 Å². The third-order valence-corrected chi connectivity index (χ3v) is 2.43. The van der Waals surface area contributed by atoms with Crippen LogP contribution in [0, 0.1) is 0 Å². The van der Waals surface area contributed by atoms with Crippen LogP contribution in [-0.2, 0) is 11.2 Å². The highest BCUT2D eigenvalue weighted by Gasteiger charge is 2.17. The third kappa shape index (κ3) is 3.75. The SMILES string of the molecule is CC(C)O.CNc1ccc2c(c1)N(C=O)CC2. The molecule has 2 rings (SSSR count). The maximum absolute atomic E-state index is 10.7. The van der Waals surface area contributed by atoms with Gasteiger partial charge in [0.15, 0.2) is 0 Å². The summed E-state index contributed by atoms with van der Waals surface area (Å²) in [5, 5.41) is 11.1. The standard InChI is InChI=1S/C10H12N2O.C3H8O/c1-11-9-3-2-8-4-5-12(7-13)10(8)6-9;1-3(2)4/h2-3,6-7,11H,4-5H2,1H3;3-4H,1-2H3. The van der Waals surface area contributed by atoms with Gasteiger partial charge < -0.3 is 15.3 Å². The predicted octanol–water partition coefficient (Wildman–Crippen LogP) is 1.63. The Morgan fingerprint density at radius 2 is 2.12 bits per heavy atom. The number of nitrogens with zero attached hydrogens (tertiary/aromatic N) is 1. The van der Waals surface area contributed by atoms with Crippen LogP contribution in [0.1, 0.15) is 19.4 Å². The molecule has 0 unspecified atom stereocenters. The van der Waals surface area contributed by atoms with E-state index in [0.29, 0.717) is 0 Å². The van der Waals surface area contributed by atoms with Crippen molar-refractivity contribution >= 4 is 17.8 Å². The summed E-state index contributed by atoms with van der Waals surface area (Å²) in [7, 11) is 1.88. The van der Waals surface area contributed by atoms with Crippen molar-refractivity contribution < 1.29 is 9.90 Å². The Kier molecular flexibility index (Phi) is 4.97. The lowest BCUT2D eigenvalue weighted by Gasteiger charge is -2.11. The van der Waals surface area contributed by atoms with Crippen LogP contribution in [0.15, 0.2) is 18.2 Å². The zero-order chi connectivity index (χ0) is 12.8. The van der Waals surface area contributed by atoms with E-state index in [4.69, 9.17) is 5.11 Å². The molecule has 1 amide bonds. The molecule has 0 saturated carbocycles. The molecule has 4 nitrogen and oxygen atoms in total. The Labute approximate surface area is 102 Å². The van der Waals surface area contributed by atoms with Crippen molar-refractivity contribution in [3.63, 3.8) is 0 Å². The molecule has 1 aromatic rings. The van der Waals surface area contributed by atoms with Gasteiger partial charge in [0.05, 0.1) is 0 Å². The Bertz CT molecular complexity index is 375. The minimum atomic E-state index is -0.167. The van der Waals surface area contributed by atoms with Gasteiger partial charge in [0.1, 0.15) is 0 Å². The second-order valence-corrected chi connectivity index (χ2v) is 4.24. The summed E-state index contributed by atoms with van der Waals surface area (Å²) >= 11 is 0. The first-order valence-corrected chi connectivity index (χ1v) is 5.79. The second-order valence-electron chi connectivity index (χ2n) is 4.24. The van der Waals surface area contributed by atoms with Crippen molar-refractivity contribution in [1.29, 1.82) is 0 Å². The maximum atomic E-state index is 10.7. The van der Waals surface area contributed by atoms with Gasteiger partial charge in [0.25, 0.3) is 0 Å². The monoisotopic (exact) mass is 236 g/mol. The molecule has 0 atom stereocenters. The molecule has 0 aliphatic carbocycles. The predicted molar refractivity (Wildman–Crippen MR) is 70.5 cm³/mol. The summed E-state index contributed by atoms with van der Waals surface area (Å²) in [6, 6.07) is 6.12. The lowest BCUT2D eigenvalue weighted by atomic mass is 10.1. The molecule has 1 aromatic carbocycles. The summed E-state index contributed by atoms with van der Waals surface area (Å²) in [6.07, 6.45) is 1.70. The molecule has 0 bridgehead atoms. The Balaban J connectivity index is 0.000000317. The van der Waals surface area contributed by atoms with Gasteiger partial charge in [0, 0.05) is 31.1 Å². The molecule has 1 aliphatic heterocycles. The van der Waals surface area contributed by atoms with Gasteiger partial charge in [-0.15, -0.1) is 0 Å². The lowest BCUT2D eigenvalue weighted by molar-refractivity contribution is -0.107. The number of amides is 1. The molecule has 0 saturated heterocycles. The number of carbonyl (C=O) groups excluding carboxylic acids is 1. The molecule has 0 aromatic heterocycles. The molecule has 94 valence electrons. The smallest absolute Gasteiger partial charge is 0.214 e. The van der Waals surface area contributed by atoms with Gasteiger partial charge in [-0.05, 0) is 38.0 Å². The quantitative estimate of drug-likeness (QED) is 0.767. The van der Waals surface area contributed by atoms with E-state index < -0.39 is 0 Å². The number of aliphatic hydroxyl groups excluding tert-OH is 1. The lowest BCUT2D eigenvalue weighted by Crippen LogP contribution is -2.17. The molecule has 0 fully saturated rings. The zero-order valence-corrected chi connectivity index (χ0v) is 10.6. The van der Waals surface area contributed by atoms with Crippen LogP contribution in [0.5, 0.6) is 0 Å². The van der Waals surface area contributed by atoms with E-state index in [1.807, 2.05) is 19.2 Å². The van der Waals surface area contributed by atoms with E-state index >= 15 is 0 Å². The van der Waals surface area contributed by atoms with Crippen molar-refractivity contribution in [1.82, 2.24) is 0 Å². The molecule has 0 radical (unpaired) electrons. The van der Waals surface area contributed by atoms with Crippen molar-refractivity contribution in [2.24, 2.45) is 0 Å². The van der Waals surface area contributed by atoms with Crippen LogP contribution in [-0.4, -0.2) is 31.2 Å². The fourth-order valence-electron chi connectivity index (χ4n) is 1.67. The second kappa shape index (κ2) is 6.25. The number of nitrogens with one attached hydrogen (secondary N) is 1. The van der Waals surface area contributed by atoms with E-state index in [1.54, 1.807) is 18.7 Å². The topological polar surface area (TPSA) is 52.6 Å². The fourth-order valence-corrected chi connectivity index (χ4v) is 1.67. The Morgan fingerprint density at radius 1 is 1.47 bits per heavy atom. The molecule has 17 heavy (non-hydrogen) atoms. The maximum Gasteiger partial charge on any atom is 0.214 e. The van der Waals surface area contributed by atoms with Gasteiger partial charge in [-0.1, -0.05) is 6.07 Å². The van der Waals surface area contributed by atoms with Crippen molar-refractivity contribution in [3.8, 4) is 0 Å². The number of anilines is 2. The van der Waals surface area contributed by atoms with Crippen LogP contribution in [0.25, 0.3) is 0 Å². The first-order valence-electron chi connectivity index (χ1n) is 5.79. The summed E-state index contributed by atoms with van der Waals surface area (Å²) in [4.78, 5) is 12.4. The minimum absolute atomic E-state index is 0.167. The number of hydrogen-bond donors (Lipinski definition) is 2. The number of benzene rings is 1. The van der Waals surface area contributed by atoms with Crippen molar-refractivity contribution in [2.45, 2.75) is 26.4 Å². The number of fused-ring (bicyclic) bond motifs is 1. The number of rotatable bonds is 2. The molecule has 1 aliphatic rings. The first kappa shape index (κ1) is 13.5. The molecule has 1 heterocycles. The van der Waals surface area contributed by atoms with Gasteiger partial charge >= 0.3 is 0 Å². The van der Waals surface area contributed by atoms with Crippen molar-refractivity contribution in [3.05, 3.63) is 23.8 Å². The highest BCUT2D eigenvalue weighted by Crippen LogP contribution is 2.29. The van der Waals surface area contributed by atoms with Crippen LogP contribution < -0.4 is 10.2 Å². The molecular formula is C13H20N2O2. The summed E-state index contributed by atoms with van der Waals surface area (Å²) < 4.78 is 0. The average molecular weight is 236 g/mol. The van der Waals surface area contributed by atoms with Crippen LogP contribution in [0.3, 0.4) is 0 Å². The van der Waals surface area contributed by atoms with Crippen molar-refractivity contribution in [2.75, 3.05) is 23.8 Å². The summed E-state index contributed by atoms with van der Waals surface area (Å²) in [5.74, 6) is 0. The largest absolute Gasteiger partial charge is 0.394 e. The van der Waals surface area contributed by atoms with Gasteiger partial charge in [0.2, 0.25) is 6.41 Å². The van der Waals surface area contributed by atoms with Gasteiger partial charge in [-0.3, -0.25) is 4.79 Å². The van der Waals surface area contributed by atoms with E-state index in [1.165, 1.54) is 5.56 Å². The van der Waals surface area contributed by atoms with Crippen LogP contribution >= 0.6 is 0 Å². The van der Waals surface area contributed by atoms with Gasteiger partial charge in [-0.25, -0.2) is 0 Å². The summed E-state index contributed by atoms with van der Waals surface area (Å²) in [5.41, 5.74) is 3.35. The van der Waals surface area contributed by atoms with Gasteiger partial charge in [-0.2, -0.15) is 0 Å². The fraction of sp³-hybridized carbons (Fsp3) is 0.462. The normalized spacial score (nSPS) is 12.9. The first-order chi connectivity index (χ1) is 8.08. The number of carbonyl (C=O) groups is 1. The molecule has 2 N–H and O–H groups in total. The van der Waals surface area contributed by atoms with Crippen LogP contribution in [0.4, 0.5) is 11.4 Å².